The van der Waals surface area contributed by atoms with Gasteiger partial charge in [0, 0.05) is 6.04 Å². The van der Waals surface area contributed by atoms with E-state index in [9.17, 15) is 9.59 Å². The fourth-order valence-corrected chi connectivity index (χ4v) is 5.33. The van der Waals surface area contributed by atoms with Gasteiger partial charge in [-0.2, -0.15) is 0 Å². The number of thioether (sulfide) groups is 1. The summed E-state index contributed by atoms with van der Waals surface area (Å²) in [6, 6.07) is 11.8. The Kier molecular flexibility index (Phi) is 7.24. The number of hydrogen-bond acceptors (Lipinski definition) is 4. The van der Waals surface area contributed by atoms with Crippen LogP contribution in [-0.4, -0.2) is 22.1 Å². The molecule has 2 aromatic carbocycles. The summed E-state index contributed by atoms with van der Waals surface area (Å²) in [5, 5.41) is -0.216. The van der Waals surface area contributed by atoms with E-state index in [4.69, 9.17) is 4.74 Å². The Bertz CT molecular complexity index is 967. The molecule has 0 radical (unpaired) electrons. The summed E-state index contributed by atoms with van der Waals surface area (Å²) in [6.45, 7) is 6.34. The average Bonchev–Trinajstić information content (AvgIpc) is 2.94. The van der Waals surface area contributed by atoms with E-state index >= 15 is 0 Å². The molecular formula is C22H21Br2NO3S. The molecule has 1 fully saturated rings. The molecule has 0 bridgehead atoms. The Morgan fingerprint density at radius 3 is 2.48 bits per heavy atom. The van der Waals surface area contributed by atoms with Crippen LogP contribution >= 0.6 is 43.6 Å². The Balaban J connectivity index is 1.79. The summed E-state index contributed by atoms with van der Waals surface area (Å²) in [7, 11) is 0. The van der Waals surface area contributed by atoms with Crippen LogP contribution in [0.1, 0.15) is 37.0 Å². The van der Waals surface area contributed by atoms with E-state index in [2.05, 4.69) is 37.9 Å². The van der Waals surface area contributed by atoms with Crippen LogP contribution in [0.15, 0.2) is 50.2 Å². The first-order chi connectivity index (χ1) is 13.8. The number of carbonyl (C=O) groups excluding carboxylic acids is 2. The van der Waals surface area contributed by atoms with Gasteiger partial charge in [-0.25, -0.2) is 0 Å². The maximum atomic E-state index is 12.6. The highest BCUT2D eigenvalue weighted by Crippen LogP contribution is 2.38. The first-order valence-corrected chi connectivity index (χ1v) is 11.6. The quantitative estimate of drug-likeness (QED) is 0.374. The van der Waals surface area contributed by atoms with Gasteiger partial charge >= 0.3 is 0 Å². The standard InChI is InChI=1S/C22H21Br2NO3S/c1-4-14(3)25-21(26)19(29-22(25)27)11-16-9-17(23)20(18(24)10-16)28-12-15-7-5-6-13(2)8-15/h5-11,14H,4,12H2,1-3H3/b19-11+/t14-/m0/s1. The third-order valence-electron chi connectivity index (χ3n) is 4.64. The van der Waals surface area contributed by atoms with Crippen LogP contribution in [0, 0.1) is 6.92 Å². The van der Waals surface area contributed by atoms with E-state index in [-0.39, 0.29) is 17.2 Å². The van der Waals surface area contributed by atoms with Crippen LogP contribution in [0.25, 0.3) is 6.08 Å². The number of benzene rings is 2. The minimum Gasteiger partial charge on any atom is -0.487 e. The Hall–Kier alpha value is -1.57. The molecule has 4 nitrogen and oxygen atoms in total. The summed E-state index contributed by atoms with van der Waals surface area (Å²) < 4.78 is 7.53. The van der Waals surface area contributed by atoms with Crippen LogP contribution in [0.5, 0.6) is 5.75 Å². The minimum absolute atomic E-state index is 0.107. The molecule has 1 saturated heterocycles. The summed E-state index contributed by atoms with van der Waals surface area (Å²) in [5.41, 5.74) is 3.08. The lowest BCUT2D eigenvalue weighted by Gasteiger charge is -2.19. The van der Waals surface area contributed by atoms with E-state index in [1.54, 1.807) is 6.08 Å². The predicted octanol–water partition coefficient (Wildman–Crippen LogP) is 6.93. The van der Waals surface area contributed by atoms with Crippen molar-refractivity contribution >= 4 is 60.8 Å². The zero-order valence-electron chi connectivity index (χ0n) is 16.4. The molecule has 2 amide bonds. The van der Waals surface area contributed by atoms with Crippen molar-refractivity contribution in [1.29, 1.82) is 0 Å². The molecule has 1 aliphatic heterocycles. The van der Waals surface area contributed by atoms with Gasteiger partial charge in [0.15, 0.2) is 0 Å². The number of amides is 2. The predicted molar refractivity (Wildman–Crippen MR) is 125 cm³/mol. The molecule has 0 saturated carbocycles. The molecule has 1 aliphatic rings. The molecule has 1 atom stereocenters. The van der Waals surface area contributed by atoms with Crippen molar-refractivity contribution in [1.82, 2.24) is 4.90 Å². The molecule has 0 spiro atoms. The molecule has 3 rings (SSSR count). The van der Waals surface area contributed by atoms with E-state index in [1.165, 1.54) is 10.5 Å². The lowest BCUT2D eigenvalue weighted by molar-refractivity contribution is -0.124. The van der Waals surface area contributed by atoms with Crippen molar-refractivity contribution in [3.63, 3.8) is 0 Å². The second-order valence-corrected chi connectivity index (χ2v) is 9.60. The van der Waals surface area contributed by atoms with Crippen LogP contribution in [0.3, 0.4) is 0 Å². The van der Waals surface area contributed by atoms with Gasteiger partial charge in [-0.05, 0) is 93.2 Å². The smallest absolute Gasteiger partial charge is 0.293 e. The molecular weight excluding hydrogens is 518 g/mol. The first kappa shape index (κ1) is 22.1. The summed E-state index contributed by atoms with van der Waals surface area (Å²) in [6.07, 6.45) is 2.47. The molecule has 29 heavy (non-hydrogen) atoms. The normalized spacial score (nSPS) is 16.6. The first-order valence-electron chi connectivity index (χ1n) is 9.24. The highest BCUT2D eigenvalue weighted by Gasteiger charge is 2.37. The van der Waals surface area contributed by atoms with Crippen LogP contribution in [0.4, 0.5) is 4.79 Å². The van der Waals surface area contributed by atoms with E-state index < -0.39 is 0 Å². The van der Waals surface area contributed by atoms with E-state index in [0.29, 0.717) is 17.3 Å². The minimum atomic E-state index is -0.235. The Labute approximate surface area is 191 Å². The highest BCUT2D eigenvalue weighted by atomic mass is 79.9. The van der Waals surface area contributed by atoms with Gasteiger partial charge in [-0.15, -0.1) is 0 Å². The van der Waals surface area contributed by atoms with Gasteiger partial charge in [0.2, 0.25) is 0 Å². The number of aryl methyl sites for hydroxylation is 1. The van der Waals surface area contributed by atoms with Crippen LogP contribution in [0.2, 0.25) is 0 Å². The number of halogens is 2. The zero-order chi connectivity index (χ0) is 21.1. The Morgan fingerprint density at radius 2 is 1.86 bits per heavy atom. The monoisotopic (exact) mass is 537 g/mol. The molecule has 0 unspecified atom stereocenters. The van der Waals surface area contributed by atoms with Gasteiger partial charge < -0.3 is 4.74 Å². The molecule has 152 valence electrons. The number of imide groups is 1. The van der Waals surface area contributed by atoms with Crippen LogP contribution < -0.4 is 4.74 Å². The lowest BCUT2D eigenvalue weighted by atomic mass is 10.1. The maximum Gasteiger partial charge on any atom is 0.293 e. The molecule has 0 N–H and O–H groups in total. The Morgan fingerprint density at radius 1 is 1.17 bits per heavy atom. The molecule has 2 aromatic rings. The van der Waals surface area contributed by atoms with Gasteiger partial charge in [-0.1, -0.05) is 36.8 Å². The van der Waals surface area contributed by atoms with Gasteiger partial charge in [0.25, 0.3) is 11.1 Å². The van der Waals surface area contributed by atoms with Gasteiger partial charge in [-0.3, -0.25) is 14.5 Å². The fourth-order valence-electron chi connectivity index (χ4n) is 2.95. The average molecular weight is 539 g/mol. The number of nitrogens with zero attached hydrogens (tertiary/aromatic N) is 1. The largest absolute Gasteiger partial charge is 0.487 e. The summed E-state index contributed by atoms with van der Waals surface area (Å²) >= 11 is 8.09. The van der Waals surface area contributed by atoms with Crippen molar-refractivity contribution in [2.45, 2.75) is 39.8 Å². The van der Waals surface area contributed by atoms with E-state index in [0.717, 1.165) is 38.3 Å². The van der Waals surface area contributed by atoms with Crippen LogP contribution in [-0.2, 0) is 11.4 Å². The third-order valence-corrected chi connectivity index (χ3v) is 6.70. The van der Waals surface area contributed by atoms with Crippen molar-refractivity contribution < 1.29 is 14.3 Å². The number of hydrogen-bond donors (Lipinski definition) is 0. The summed E-state index contributed by atoms with van der Waals surface area (Å²) in [5.74, 6) is 0.456. The number of rotatable bonds is 6. The van der Waals surface area contributed by atoms with Gasteiger partial charge in [0.1, 0.15) is 12.4 Å². The maximum absolute atomic E-state index is 12.6. The van der Waals surface area contributed by atoms with Crippen molar-refractivity contribution in [2.24, 2.45) is 0 Å². The number of carbonyl (C=O) groups is 2. The second-order valence-electron chi connectivity index (χ2n) is 6.90. The van der Waals surface area contributed by atoms with E-state index in [1.807, 2.05) is 51.1 Å². The van der Waals surface area contributed by atoms with Crippen molar-refractivity contribution in [2.75, 3.05) is 0 Å². The topological polar surface area (TPSA) is 46.6 Å². The zero-order valence-corrected chi connectivity index (χ0v) is 20.4. The third kappa shape index (κ3) is 5.13. The second kappa shape index (κ2) is 9.49. The van der Waals surface area contributed by atoms with Crippen molar-refractivity contribution in [3.8, 4) is 5.75 Å². The molecule has 0 aliphatic carbocycles. The molecule has 0 aromatic heterocycles. The lowest BCUT2D eigenvalue weighted by Crippen LogP contribution is -2.36. The molecule has 7 heteroatoms. The summed E-state index contributed by atoms with van der Waals surface area (Å²) in [4.78, 5) is 26.6. The molecule has 1 heterocycles. The SMILES string of the molecule is CC[C@H](C)N1C(=O)S/C(=C/c2cc(Br)c(OCc3cccc(C)c3)c(Br)c2)C1=O. The van der Waals surface area contributed by atoms with Gasteiger partial charge in [0.05, 0.1) is 13.9 Å². The number of ether oxygens (including phenoxy) is 1. The highest BCUT2D eigenvalue weighted by molar-refractivity contribution is 9.11. The van der Waals surface area contributed by atoms with Crippen molar-refractivity contribution in [3.05, 3.63) is 66.9 Å². The fraction of sp³-hybridized carbons (Fsp3) is 0.273.